The van der Waals surface area contributed by atoms with Gasteiger partial charge < -0.3 is 5.32 Å². The third kappa shape index (κ3) is 3.81. The van der Waals surface area contributed by atoms with Gasteiger partial charge in [0.05, 0.1) is 17.6 Å². The molecule has 0 spiro atoms. The monoisotopic (exact) mass is 347 g/mol. The van der Waals surface area contributed by atoms with Crippen molar-refractivity contribution in [2.24, 2.45) is 0 Å². The molecule has 0 saturated carbocycles. The molecule has 1 N–H and O–H groups in total. The zero-order chi connectivity index (χ0) is 16.2. The smallest absolute Gasteiger partial charge is 0.148 e. The predicted molar refractivity (Wildman–Crippen MR) is 92.5 cm³/mol. The van der Waals surface area contributed by atoms with E-state index in [1.165, 1.54) is 6.33 Å². The minimum Gasteiger partial charge on any atom is -0.368 e. The molecule has 3 aromatic rings. The highest BCUT2D eigenvalue weighted by Gasteiger charge is 2.06. The van der Waals surface area contributed by atoms with Crippen LogP contribution in [0, 0.1) is 6.92 Å². The van der Waals surface area contributed by atoms with Crippen LogP contribution in [0.2, 0.25) is 10.0 Å². The van der Waals surface area contributed by atoms with Gasteiger partial charge in [-0.2, -0.15) is 5.10 Å². The highest BCUT2D eigenvalue weighted by molar-refractivity contribution is 6.33. The molecule has 0 aliphatic carbocycles. The van der Waals surface area contributed by atoms with E-state index in [4.69, 9.17) is 23.2 Å². The largest absolute Gasteiger partial charge is 0.368 e. The van der Waals surface area contributed by atoms with Crippen LogP contribution in [-0.2, 0) is 6.42 Å². The van der Waals surface area contributed by atoms with Crippen molar-refractivity contribution in [3.8, 4) is 5.69 Å². The van der Waals surface area contributed by atoms with Gasteiger partial charge >= 0.3 is 0 Å². The second-order valence-electron chi connectivity index (χ2n) is 5.07. The Kier molecular flexibility index (Phi) is 4.79. The second-order valence-corrected chi connectivity index (χ2v) is 5.88. The first-order chi connectivity index (χ1) is 11.1. The summed E-state index contributed by atoms with van der Waals surface area (Å²) in [6, 6.07) is 7.56. The van der Waals surface area contributed by atoms with E-state index in [9.17, 15) is 0 Å². The van der Waals surface area contributed by atoms with Gasteiger partial charge in [0.2, 0.25) is 0 Å². The van der Waals surface area contributed by atoms with Crippen molar-refractivity contribution in [2.45, 2.75) is 13.3 Å². The molecule has 7 heteroatoms. The van der Waals surface area contributed by atoms with Crippen LogP contribution in [-0.4, -0.2) is 26.3 Å². The molecule has 0 fully saturated rings. The molecule has 2 aromatic heterocycles. The molecule has 1 aromatic carbocycles. The maximum absolute atomic E-state index is 6.16. The SMILES string of the molecule is Cc1ncnc(NCCc2cnn(-c3ccc(Cl)cc3)c2)c1Cl. The fraction of sp³-hybridized carbons (Fsp3) is 0.188. The minimum absolute atomic E-state index is 0.560. The van der Waals surface area contributed by atoms with E-state index in [0.29, 0.717) is 22.4 Å². The number of hydrogen-bond donors (Lipinski definition) is 1. The fourth-order valence-corrected chi connectivity index (χ4v) is 2.42. The Hall–Kier alpha value is -2.11. The van der Waals surface area contributed by atoms with Crippen LogP contribution in [0.4, 0.5) is 5.82 Å². The lowest BCUT2D eigenvalue weighted by Gasteiger charge is -2.07. The van der Waals surface area contributed by atoms with Gasteiger partial charge in [-0.1, -0.05) is 23.2 Å². The lowest BCUT2D eigenvalue weighted by atomic mass is 10.2. The molecular formula is C16H15Cl2N5. The van der Waals surface area contributed by atoms with Crippen molar-refractivity contribution in [3.63, 3.8) is 0 Å². The zero-order valence-electron chi connectivity index (χ0n) is 12.5. The number of hydrogen-bond acceptors (Lipinski definition) is 4. The zero-order valence-corrected chi connectivity index (χ0v) is 14.0. The molecule has 0 radical (unpaired) electrons. The number of nitrogens with zero attached hydrogens (tertiary/aromatic N) is 4. The summed E-state index contributed by atoms with van der Waals surface area (Å²) < 4.78 is 1.83. The molecule has 5 nitrogen and oxygen atoms in total. The molecule has 0 aliphatic rings. The minimum atomic E-state index is 0.560. The molecule has 0 atom stereocenters. The topological polar surface area (TPSA) is 55.6 Å². The quantitative estimate of drug-likeness (QED) is 0.759. The Morgan fingerprint density at radius 2 is 1.91 bits per heavy atom. The number of anilines is 1. The number of aromatic nitrogens is 4. The molecule has 0 saturated heterocycles. The van der Waals surface area contributed by atoms with Crippen LogP contribution >= 0.6 is 23.2 Å². The van der Waals surface area contributed by atoms with Gasteiger partial charge in [-0.05, 0) is 43.2 Å². The number of aryl methyl sites for hydroxylation is 1. The Labute approximate surface area is 144 Å². The summed E-state index contributed by atoms with van der Waals surface area (Å²) in [7, 11) is 0. The van der Waals surface area contributed by atoms with Crippen molar-refractivity contribution in [3.05, 3.63) is 64.3 Å². The van der Waals surface area contributed by atoms with E-state index in [-0.39, 0.29) is 0 Å². The van der Waals surface area contributed by atoms with Gasteiger partial charge in [0.25, 0.3) is 0 Å². The standard InChI is InChI=1S/C16H15Cl2N5/c1-11-15(18)16(21-10-20-11)19-7-6-12-8-22-23(9-12)14-4-2-13(17)3-5-14/h2-5,8-10H,6-7H2,1H3,(H,19,20,21). The first-order valence-electron chi connectivity index (χ1n) is 7.14. The molecule has 0 aliphatic heterocycles. The van der Waals surface area contributed by atoms with E-state index in [1.54, 1.807) is 0 Å². The Bertz CT molecular complexity index is 798. The van der Waals surface area contributed by atoms with Gasteiger partial charge in [0.15, 0.2) is 0 Å². The van der Waals surface area contributed by atoms with Crippen LogP contribution in [0.25, 0.3) is 5.69 Å². The van der Waals surface area contributed by atoms with E-state index in [1.807, 2.05) is 48.3 Å². The first-order valence-corrected chi connectivity index (χ1v) is 7.89. The van der Waals surface area contributed by atoms with E-state index < -0.39 is 0 Å². The van der Waals surface area contributed by atoms with Crippen molar-refractivity contribution in [2.75, 3.05) is 11.9 Å². The molecule has 3 rings (SSSR count). The summed E-state index contributed by atoms with van der Waals surface area (Å²) in [5, 5.41) is 8.86. The number of nitrogens with one attached hydrogen (secondary N) is 1. The van der Waals surface area contributed by atoms with Crippen molar-refractivity contribution >= 4 is 29.0 Å². The molecular weight excluding hydrogens is 333 g/mol. The lowest BCUT2D eigenvalue weighted by Crippen LogP contribution is -2.07. The van der Waals surface area contributed by atoms with Crippen molar-refractivity contribution < 1.29 is 0 Å². The highest BCUT2D eigenvalue weighted by atomic mass is 35.5. The summed E-state index contributed by atoms with van der Waals surface area (Å²) in [4.78, 5) is 8.19. The lowest BCUT2D eigenvalue weighted by molar-refractivity contribution is 0.879. The summed E-state index contributed by atoms with van der Waals surface area (Å²) >= 11 is 12.1. The third-order valence-corrected chi connectivity index (χ3v) is 4.10. The van der Waals surface area contributed by atoms with E-state index in [0.717, 1.165) is 23.4 Å². The van der Waals surface area contributed by atoms with Crippen LogP contribution in [0.3, 0.4) is 0 Å². The van der Waals surface area contributed by atoms with Crippen LogP contribution in [0.15, 0.2) is 43.0 Å². The summed E-state index contributed by atoms with van der Waals surface area (Å²) in [5.74, 6) is 0.657. The second kappa shape index (κ2) is 6.98. The van der Waals surface area contributed by atoms with Crippen molar-refractivity contribution in [1.29, 1.82) is 0 Å². The Morgan fingerprint density at radius 1 is 1.13 bits per heavy atom. The number of benzene rings is 1. The van der Waals surface area contributed by atoms with E-state index in [2.05, 4.69) is 20.4 Å². The molecule has 23 heavy (non-hydrogen) atoms. The summed E-state index contributed by atoms with van der Waals surface area (Å²) in [6.45, 7) is 2.56. The van der Waals surface area contributed by atoms with Gasteiger partial charge in [-0.3, -0.25) is 0 Å². The Balaban J connectivity index is 1.61. The maximum atomic E-state index is 6.16. The molecule has 0 bridgehead atoms. The van der Waals surface area contributed by atoms with Crippen LogP contribution in [0.1, 0.15) is 11.3 Å². The Morgan fingerprint density at radius 3 is 2.70 bits per heavy atom. The van der Waals surface area contributed by atoms with Gasteiger partial charge in [0, 0.05) is 17.8 Å². The summed E-state index contributed by atoms with van der Waals surface area (Å²) in [5.41, 5.74) is 2.86. The normalized spacial score (nSPS) is 10.7. The first kappa shape index (κ1) is 15.8. The predicted octanol–water partition coefficient (Wildman–Crippen LogP) is 3.93. The van der Waals surface area contributed by atoms with E-state index >= 15 is 0 Å². The molecule has 2 heterocycles. The number of halogens is 2. The molecule has 0 unspecified atom stereocenters. The average Bonchev–Trinajstić information content (AvgIpc) is 3.01. The molecule has 118 valence electrons. The van der Waals surface area contributed by atoms with Crippen molar-refractivity contribution in [1.82, 2.24) is 19.7 Å². The van der Waals surface area contributed by atoms with Gasteiger partial charge in [-0.25, -0.2) is 14.6 Å². The fourth-order valence-electron chi connectivity index (χ4n) is 2.13. The van der Waals surface area contributed by atoms with Crippen LogP contribution in [0.5, 0.6) is 0 Å². The summed E-state index contributed by atoms with van der Waals surface area (Å²) in [6.07, 6.45) is 6.16. The average molecular weight is 348 g/mol. The van der Waals surface area contributed by atoms with Gasteiger partial charge in [-0.15, -0.1) is 0 Å². The maximum Gasteiger partial charge on any atom is 0.148 e. The highest BCUT2D eigenvalue weighted by Crippen LogP contribution is 2.20. The van der Waals surface area contributed by atoms with Crippen LogP contribution < -0.4 is 5.32 Å². The van der Waals surface area contributed by atoms with Gasteiger partial charge in [0.1, 0.15) is 17.2 Å². The molecule has 0 amide bonds. The number of rotatable bonds is 5. The third-order valence-electron chi connectivity index (χ3n) is 3.40.